The standard InChI is InChI=1S/C11H12N2O/c1-3-4-10(14)9(2)5-6-11-12-7-8-13-11/h3-8,14H,1-2H2,(H,12,13)/b6-5+,10-4+. The van der Waals surface area contributed by atoms with Crippen LogP contribution < -0.4 is 0 Å². The van der Waals surface area contributed by atoms with Crippen LogP contribution in [-0.4, -0.2) is 15.1 Å². The Morgan fingerprint density at radius 2 is 2.36 bits per heavy atom. The maximum Gasteiger partial charge on any atom is 0.129 e. The molecule has 0 aliphatic carbocycles. The van der Waals surface area contributed by atoms with Crippen molar-refractivity contribution in [1.82, 2.24) is 9.97 Å². The summed E-state index contributed by atoms with van der Waals surface area (Å²) in [6.07, 6.45) is 9.77. The largest absolute Gasteiger partial charge is 0.507 e. The van der Waals surface area contributed by atoms with Gasteiger partial charge in [-0.3, -0.25) is 0 Å². The van der Waals surface area contributed by atoms with Crippen molar-refractivity contribution in [3.63, 3.8) is 0 Å². The van der Waals surface area contributed by atoms with Gasteiger partial charge in [-0.05, 0) is 18.2 Å². The number of nitrogens with zero attached hydrogens (tertiary/aromatic N) is 1. The van der Waals surface area contributed by atoms with E-state index in [1.165, 1.54) is 12.2 Å². The predicted octanol–water partition coefficient (Wildman–Crippen LogP) is 2.61. The molecule has 0 aliphatic heterocycles. The summed E-state index contributed by atoms with van der Waals surface area (Å²) in [5, 5.41) is 9.35. The minimum Gasteiger partial charge on any atom is -0.507 e. The molecule has 1 rings (SSSR count). The smallest absolute Gasteiger partial charge is 0.129 e. The van der Waals surface area contributed by atoms with E-state index < -0.39 is 0 Å². The quantitative estimate of drug-likeness (QED) is 0.563. The van der Waals surface area contributed by atoms with E-state index in [1.807, 2.05) is 0 Å². The van der Waals surface area contributed by atoms with Crippen LogP contribution in [0.15, 0.2) is 55.1 Å². The number of rotatable bonds is 4. The molecule has 0 radical (unpaired) electrons. The fraction of sp³-hybridized carbons (Fsp3) is 0. The lowest BCUT2D eigenvalue weighted by Crippen LogP contribution is -1.82. The predicted molar refractivity (Wildman–Crippen MR) is 57.7 cm³/mol. The third kappa shape index (κ3) is 2.79. The maximum absolute atomic E-state index is 9.35. The minimum absolute atomic E-state index is 0.0998. The second-order valence-electron chi connectivity index (χ2n) is 2.62. The molecule has 0 aliphatic rings. The number of hydrogen-bond acceptors (Lipinski definition) is 2. The van der Waals surface area contributed by atoms with Crippen molar-refractivity contribution in [2.75, 3.05) is 0 Å². The summed E-state index contributed by atoms with van der Waals surface area (Å²) in [6.45, 7) is 7.15. The molecule has 0 unspecified atom stereocenters. The zero-order valence-corrected chi connectivity index (χ0v) is 7.77. The Hall–Kier alpha value is -2.03. The molecule has 72 valence electrons. The monoisotopic (exact) mass is 188 g/mol. The van der Waals surface area contributed by atoms with Crippen molar-refractivity contribution in [3.8, 4) is 0 Å². The van der Waals surface area contributed by atoms with Crippen molar-refractivity contribution in [2.24, 2.45) is 0 Å². The number of nitrogens with one attached hydrogen (secondary N) is 1. The summed E-state index contributed by atoms with van der Waals surface area (Å²) in [5.74, 6) is 0.820. The van der Waals surface area contributed by atoms with Crippen LogP contribution in [-0.2, 0) is 0 Å². The molecule has 14 heavy (non-hydrogen) atoms. The highest BCUT2D eigenvalue weighted by Gasteiger charge is 1.94. The Balaban J connectivity index is 2.65. The zero-order chi connectivity index (χ0) is 10.4. The number of aliphatic hydroxyl groups is 1. The van der Waals surface area contributed by atoms with Crippen LogP contribution in [0.2, 0.25) is 0 Å². The molecular formula is C11H12N2O. The average Bonchev–Trinajstić information content (AvgIpc) is 2.67. The van der Waals surface area contributed by atoms with Gasteiger partial charge in [-0.25, -0.2) is 4.98 Å². The number of allylic oxidation sites excluding steroid dienone is 3. The minimum atomic E-state index is 0.0998. The van der Waals surface area contributed by atoms with Gasteiger partial charge < -0.3 is 10.1 Å². The molecule has 0 fully saturated rings. The van der Waals surface area contributed by atoms with Crippen molar-refractivity contribution in [1.29, 1.82) is 0 Å². The van der Waals surface area contributed by atoms with E-state index in [1.54, 1.807) is 24.5 Å². The molecule has 1 aromatic heterocycles. The van der Waals surface area contributed by atoms with Crippen LogP contribution in [0.5, 0.6) is 0 Å². The number of aromatic nitrogens is 2. The van der Waals surface area contributed by atoms with Crippen molar-refractivity contribution in [2.45, 2.75) is 0 Å². The third-order valence-corrected chi connectivity index (χ3v) is 1.57. The van der Waals surface area contributed by atoms with Gasteiger partial charge in [0.2, 0.25) is 0 Å². The van der Waals surface area contributed by atoms with E-state index in [0.29, 0.717) is 5.57 Å². The fourth-order valence-electron chi connectivity index (χ4n) is 0.852. The highest BCUT2D eigenvalue weighted by molar-refractivity contribution is 5.49. The summed E-state index contributed by atoms with van der Waals surface area (Å²) in [6, 6.07) is 0. The lowest BCUT2D eigenvalue weighted by atomic mass is 10.2. The second kappa shape index (κ2) is 4.87. The maximum atomic E-state index is 9.35. The molecule has 0 saturated carbocycles. The molecule has 1 aromatic rings. The first-order valence-electron chi connectivity index (χ1n) is 4.12. The van der Waals surface area contributed by atoms with Crippen molar-refractivity contribution >= 4 is 6.08 Å². The normalized spacial score (nSPS) is 11.9. The van der Waals surface area contributed by atoms with Gasteiger partial charge >= 0.3 is 0 Å². The molecule has 3 nitrogen and oxygen atoms in total. The zero-order valence-electron chi connectivity index (χ0n) is 7.77. The van der Waals surface area contributed by atoms with Crippen LogP contribution in [0.1, 0.15) is 5.82 Å². The van der Waals surface area contributed by atoms with E-state index in [0.717, 1.165) is 5.82 Å². The fourth-order valence-corrected chi connectivity index (χ4v) is 0.852. The summed E-state index contributed by atoms with van der Waals surface area (Å²) in [7, 11) is 0. The van der Waals surface area contributed by atoms with Crippen LogP contribution >= 0.6 is 0 Å². The van der Waals surface area contributed by atoms with Gasteiger partial charge in [-0.2, -0.15) is 0 Å². The van der Waals surface area contributed by atoms with Crippen molar-refractivity contribution in [3.05, 3.63) is 60.9 Å². The molecule has 1 heterocycles. The first kappa shape index (κ1) is 10.1. The van der Waals surface area contributed by atoms with Gasteiger partial charge in [0.05, 0.1) is 0 Å². The van der Waals surface area contributed by atoms with Gasteiger partial charge in [0.15, 0.2) is 0 Å². The first-order valence-corrected chi connectivity index (χ1v) is 4.12. The lowest BCUT2D eigenvalue weighted by Gasteiger charge is -1.95. The Kier molecular flexibility index (Phi) is 3.49. The molecule has 3 heteroatoms. The summed E-state index contributed by atoms with van der Waals surface area (Å²) < 4.78 is 0. The van der Waals surface area contributed by atoms with E-state index in [2.05, 4.69) is 23.1 Å². The van der Waals surface area contributed by atoms with E-state index in [4.69, 9.17) is 0 Å². The molecular weight excluding hydrogens is 176 g/mol. The number of aromatic amines is 1. The third-order valence-electron chi connectivity index (χ3n) is 1.57. The van der Waals surface area contributed by atoms with Gasteiger partial charge in [0.25, 0.3) is 0 Å². The molecule has 0 aromatic carbocycles. The Morgan fingerprint density at radius 3 is 2.93 bits per heavy atom. The Morgan fingerprint density at radius 1 is 1.57 bits per heavy atom. The summed E-state index contributed by atoms with van der Waals surface area (Å²) >= 11 is 0. The van der Waals surface area contributed by atoms with E-state index in [-0.39, 0.29) is 5.76 Å². The number of H-pyrrole nitrogens is 1. The average molecular weight is 188 g/mol. The number of imidazole rings is 1. The molecule has 0 amide bonds. The SMILES string of the molecule is C=C/C=C(/O)C(=C)/C=C/c1ncc[nH]1. The Bertz CT molecular complexity index is 372. The molecule has 0 bridgehead atoms. The second-order valence-corrected chi connectivity index (χ2v) is 2.62. The van der Waals surface area contributed by atoms with Gasteiger partial charge in [-0.15, -0.1) is 0 Å². The molecule has 2 N–H and O–H groups in total. The molecule has 0 atom stereocenters. The summed E-state index contributed by atoms with van der Waals surface area (Å²) in [4.78, 5) is 6.89. The van der Waals surface area contributed by atoms with E-state index in [9.17, 15) is 5.11 Å². The van der Waals surface area contributed by atoms with Gasteiger partial charge in [0, 0.05) is 18.0 Å². The topological polar surface area (TPSA) is 48.9 Å². The lowest BCUT2D eigenvalue weighted by molar-refractivity contribution is 0.427. The first-order chi connectivity index (χ1) is 6.74. The van der Waals surface area contributed by atoms with Gasteiger partial charge in [-0.1, -0.05) is 19.2 Å². The molecule has 0 saturated heterocycles. The highest BCUT2D eigenvalue weighted by atomic mass is 16.3. The Labute approximate surface area is 82.8 Å². The molecule has 0 spiro atoms. The van der Waals surface area contributed by atoms with Crippen LogP contribution in [0.3, 0.4) is 0 Å². The highest BCUT2D eigenvalue weighted by Crippen LogP contribution is 2.07. The number of hydrogen-bond donors (Lipinski definition) is 2. The van der Waals surface area contributed by atoms with Crippen LogP contribution in [0.4, 0.5) is 0 Å². The van der Waals surface area contributed by atoms with E-state index >= 15 is 0 Å². The van der Waals surface area contributed by atoms with Crippen LogP contribution in [0.25, 0.3) is 6.08 Å². The van der Waals surface area contributed by atoms with Crippen LogP contribution in [0, 0.1) is 0 Å². The summed E-state index contributed by atoms with van der Waals surface area (Å²) in [5.41, 5.74) is 0.515. The van der Waals surface area contributed by atoms with Crippen molar-refractivity contribution < 1.29 is 5.11 Å². The van der Waals surface area contributed by atoms with Gasteiger partial charge in [0.1, 0.15) is 11.6 Å². The number of aliphatic hydroxyl groups excluding tert-OH is 1.